The first kappa shape index (κ1) is 10.3. The van der Waals surface area contributed by atoms with Gasteiger partial charge >= 0.3 is 5.97 Å². The molecule has 1 saturated heterocycles. The Labute approximate surface area is 89.0 Å². The maximum Gasteiger partial charge on any atom is 0.327 e. The fourth-order valence-corrected chi connectivity index (χ4v) is 3.39. The number of thioether (sulfide) groups is 1. The number of carbonyl (C=O) groups excluding carboxylic acids is 1. The van der Waals surface area contributed by atoms with Gasteiger partial charge in [0.25, 0.3) is 0 Å². The fraction of sp³-hybridized carbons (Fsp3) is 0.900. The van der Waals surface area contributed by atoms with Gasteiger partial charge in [0, 0.05) is 11.3 Å². The van der Waals surface area contributed by atoms with E-state index in [2.05, 4.69) is 12.2 Å². The molecular formula is C10H17NO2S. The first-order chi connectivity index (χ1) is 6.69. The molecular weight excluding hydrogens is 198 g/mol. The maximum absolute atomic E-state index is 11.8. The molecule has 0 amide bonds. The van der Waals surface area contributed by atoms with Gasteiger partial charge in [-0.15, -0.1) is 0 Å². The zero-order valence-electron chi connectivity index (χ0n) is 8.71. The van der Waals surface area contributed by atoms with E-state index < -0.39 is 5.54 Å². The number of ether oxygens (including phenoxy) is 1. The summed E-state index contributed by atoms with van der Waals surface area (Å²) < 4.78 is 4.92. The second-order valence-electron chi connectivity index (χ2n) is 4.14. The second kappa shape index (κ2) is 3.74. The Bertz CT molecular complexity index is 242. The van der Waals surface area contributed by atoms with Crippen LogP contribution < -0.4 is 5.32 Å². The van der Waals surface area contributed by atoms with Crippen LogP contribution in [0, 0.1) is 0 Å². The highest BCUT2D eigenvalue weighted by molar-refractivity contribution is 8.00. The predicted molar refractivity (Wildman–Crippen MR) is 57.4 cm³/mol. The molecule has 1 aliphatic carbocycles. The molecule has 80 valence electrons. The Balaban J connectivity index is 2.13. The van der Waals surface area contributed by atoms with Crippen molar-refractivity contribution in [1.29, 1.82) is 0 Å². The van der Waals surface area contributed by atoms with Crippen LogP contribution in [0.1, 0.15) is 26.2 Å². The Morgan fingerprint density at radius 3 is 2.71 bits per heavy atom. The van der Waals surface area contributed by atoms with Gasteiger partial charge in [-0.2, -0.15) is 11.8 Å². The topological polar surface area (TPSA) is 38.3 Å². The van der Waals surface area contributed by atoms with E-state index in [1.54, 1.807) is 0 Å². The number of carbonyl (C=O) groups is 1. The quantitative estimate of drug-likeness (QED) is 0.717. The normalized spacial score (nSPS) is 37.1. The Morgan fingerprint density at radius 2 is 2.29 bits per heavy atom. The number of hydrogen-bond donors (Lipinski definition) is 1. The van der Waals surface area contributed by atoms with Crippen LogP contribution in [0.25, 0.3) is 0 Å². The van der Waals surface area contributed by atoms with Crippen LogP contribution in [0.3, 0.4) is 0 Å². The predicted octanol–water partition coefficient (Wildman–Crippen LogP) is 1.18. The van der Waals surface area contributed by atoms with Crippen molar-refractivity contribution in [3.8, 4) is 0 Å². The van der Waals surface area contributed by atoms with Crippen molar-refractivity contribution in [3.05, 3.63) is 0 Å². The van der Waals surface area contributed by atoms with Crippen molar-refractivity contribution >= 4 is 17.7 Å². The van der Waals surface area contributed by atoms with E-state index in [4.69, 9.17) is 4.74 Å². The maximum atomic E-state index is 11.8. The van der Waals surface area contributed by atoms with E-state index in [1.165, 1.54) is 20.0 Å². The molecule has 3 nitrogen and oxygen atoms in total. The average molecular weight is 215 g/mol. The standard InChI is InChI=1S/C10H17NO2S/c1-7-10(5-6-14-7,9(12)13-2)11-8-3-4-8/h7-8,11H,3-6H2,1-2H3. The molecule has 0 radical (unpaired) electrons. The molecule has 1 heterocycles. The number of nitrogens with one attached hydrogen (secondary N) is 1. The van der Waals surface area contributed by atoms with E-state index in [-0.39, 0.29) is 5.97 Å². The first-order valence-electron chi connectivity index (χ1n) is 5.17. The Morgan fingerprint density at radius 1 is 1.57 bits per heavy atom. The molecule has 4 heteroatoms. The number of rotatable bonds is 3. The summed E-state index contributed by atoms with van der Waals surface area (Å²) >= 11 is 1.85. The zero-order chi connectivity index (χ0) is 10.2. The Kier molecular flexibility index (Phi) is 2.75. The van der Waals surface area contributed by atoms with Crippen LogP contribution in [-0.2, 0) is 9.53 Å². The summed E-state index contributed by atoms with van der Waals surface area (Å²) in [5, 5.41) is 3.80. The number of esters is 1. The monoisotopic (exact) mass is 215 g/mol. The molecule has 0 bridgehead atoms. The summed E-state index contributed by atoms with van der Waals surface area (Å²) in [6.45, 7) is 2.12. The minimum Gasteiger partial charge on any atom is -0.468 e. The summed E-state index contributed by atoms with van der Waals surface area (Å²) in [7, 11) is 1.48. The molecule has 2 unspecified atom stereocenters. The van der Waals surface area contributed by atoms with Crippen LogP contribution in [0.2, 0.25) is 0 Å². The van der Waals surface area contributed by atoms with Gasteiger partial charge in [-0.3, -0.25) is 10.1 Å². The molecule has 14 heavy (non-hydrogen) atoms. The average Bonchev–Trinajstić information content (AvgIpc) is 2.91. The third-order valence-electron chi connectivity index (χ3n) is 3.15. The highest BCUT2D eigenvalue weighted by atomic mass is 32.2. The van der Waals surface area contributed by atoms with E-state index in [0.29, 0.717) is 11.3 Å². The molecule has 0 aromatic heterocycles. The molecule has 2 fully saturated rings. The number of hydrogen-bond acceptors (Lipinski definition) is 4. The highest BCUT2D eigenvalue weighted by Gasteiger charge is 2.50. The molecule has 1 N–H and O–H groups in total. The third-order valence-corrected chi connectivity index (χ3v) is 4.49. The molecule has 2 aliphatic rings. The van der Waals surface area contributed by atoms with Crippen LogP contribution in [0.5, 0.6) is 0 Å². The smallest absolute Gasteiger partial charge is 0.327 e. The van der Waals surface area contributed by atoms with E-state index in [1.807, 2.05) is 11.8 Å². The minimum absolute atomic E-state index is 0.0816. The molecule has 0 spiro atoms. The summed E-state index contributed by atoms with van der Waals surface area (Å²) in [6.07, 6.45) is 3.31. The third kappa shape index (κ3) is 1.65. The van der Waals surface area contributed by atoms with Crippen LogP contribution in [0.4, 0.5) is 0 Å². The molecule has 1 aliphatic heterocycles. The van der Waals surface area contributed by atoms with Crippen LogP contribution in [-0.4, -0.2) is 35.7 Å². The van der Waals surface area contributed by atoms with Gasteiger partial charge < -0.3 is 4.74 Å². The molecule has 0 aromatic carbocycles. The lowest BCUT2D eigenvalue weighted by Crippen LogP contribution is -2.57. The largest absolute Gasteiger partial charge is 0.468 e. The first-order valence-corrected chi connectivity index (χ1v) is 6.21. The van der Waals surface area contributed by atoms with Gasteiger partial charge in [-0.1, -0.05) is 6.92 Å². The summed E-state index contributed by atoms with van der Waals surface area (Å²) in [5.41, 5.74) is -0.402. The summed E-state index contributed by atoms with van der Waals surface area (Å²) in [4.78, 5) is 11.8. The Hall–Kier alpha value is -0.220. The SMILES string of the molecule is COC(=O)C1(NC2CC2)CCSC1C. The zero-order valence-corrected chi connectivity index (χ0v) is 9.52. The van der Waals surface area contributed by atoms with Crippen molar-refractivity contribution in [2.24, 2.45) is 0 Å². The highest BCUT2D eigenvalue weighted by Crippen LogP contribution is 2.39. The van der Waals surface area contributed by atoms with Crippen LogP contribution in [0.15, 0.2) is 0 Å². The van der Waals surface area contributed by atoms with Crippen molar-refractivity contribution in [3.63, 3.8) is 0 Å². The lowest BCUT2D eigenvalue weighted by atomic mass is 9.92. The van der Waals surface area contributed by atoms with Gasteiger partial charge in [-0.05, 0) is 25.0 Å². The van der Waals surface area contributed by atoms with Gasteiger partial charge in [0.05, 0.1) is 7.11 Å². The van der Waals surface area contributed by atoms with Crippen molar-refractivity contribution < 1.29 is 9.53 Å². The summed E-state index contributed by atoms with van der Waals surface area (Å²) in [5.74, 6) is 0.970. The fourth-order valence-electron chi connectivity index (χ4n) is 2.03. The van der Waals surface area contributed by atoms with Crippen molar-refractivity contribution in [1.82, 2.24) is 5.32 Å². The molecule has 2 rings (SSSR count). The molecule has 2 atom stereocenters. The van der Waals surface area contributed by atoms with E-state index >= 15 is 0 Å². The van der Waals surface area contributed by atoms with Crippen molar-refractivity contribution in [2.45, 2.75) is 43.0 Å². The lowest BCUT2D eigenvalue weighted by Gasteiger charge is -2.31. The van der Waals surface area contributed by atoms with Gasteiger partial charge in [0.15, 0.2) is 0 Å². The van der Waals surface area contributed by atoms with E-state index in [9.17, 15) is 4.79 Å². The van der Waals surface area contributed by atoms with E-state index in [0.717, 1.165) is 12.2 Å². The minimum atomic E-state index is -0.402. The van der Waals surface area contributed by atoms with Gasteiger partial charge in [-0.25, -0.2) is 0 Å². The number of methoxy groups -OCH3 is 1. The second-order valence-corrected chi connectivity index (χ2v) is 5.59. The molecule has 1 saturated carbocycles. The molecule has 0 aromatic rings. The van der Waals surface area contributed by atoms with Gasteiger partial charge in [0.1, 0.15) is 5.54 Å². The van der Waals surface area contributed by atoms with Crippen molar-refractivity contribution in [2.75, 3.05) is 12.9 Å². The van der Waals surface area contributed by atoms with Crippen LogP contribution >= 0.6 is 11.8 Å². The summed E-state index contributed by atoms with van der Waals surface area (Å²) in [6, 6.07) is 0.551. The van der Waals surface area contributed by atoms with Gasteiger partial charge in [0.2, 0.25) is 0 Å². The lowest BCUT2D eigenvalue weighted by molar-refractivity contribution is -0.148.